The lowest BCUT2D eigenvalue weighted by Gasteiger charge is -2.24. The van der Waals surface area contributed by atoms with Crippen LogP contribution >= 0.6 is 0 Å². The van der Waals surface area contributed by atoms with Crippen LogP contribution in [0.3, 0.4) is 0 Å². The molecule has 4 nitrogen and oxygen atoms in total. The molecule has 21 heavy (non-hydrogen) atoms. The molecule has 0 heterocycles. The van der Waals surface area contributed by atoms with Gasteiger partial charge in [-0.15, -0.1) is 0 Å². The molecule has 0 amide bonds. The van der Waals surface area contributed by atoms with Crippen molar-refractivity contribution < 1.29 is 30.5 Å². The average molecular weight is 322 g/mol. The van der Waals surface area contributed by atoms with E-state index in [9.17, 15) is 21.6 Å². The van der Waals surface area contributed by atoms with Crippen molar-refractivity contribution in [3.63, 3.8) is 0 Å². The molecular formula is C13H13F3O4S. The number of hydrogen-bond acceptors (Lipinski definition) is 4. The molecule has 0 saturated carbocycles. The van der Waals surface area contributed by atoms with Gasteiger partial charge in [0.15, 0.2) is 0 Å². The Kier molecular flexibility index (Phi) is 4.58. The summed E-state index contributed by atoms with van der Waals surface area (Å²) < 4.78 is 67.1. The second-order valence-electron chi connectivity index (χ2n) is 4.58. The maximum atomic E-state index is 12.1. The van der Waals surface area contributed by atoms with Crippen molar-refractivity contribution in [2.45, 2.75) is 18.5 Å². The van der Waals surface area contributed by atoms with E-state index in [4.69, 9.17) is 4.74 Å². The smallest absolute Gasteiger partial charge is 0.381 e. The van der Waals surface area contributed by atoms with Gasteiger partial charge in [-0.1, -0.05) is 30.3 Å². The minimum atomic E-state index is -5.55. The summed E-state index contributed by atoms with van der Waals surface area (Å²) >= 11 is 0. The number of rotatable bonds is 6. The highest BCUT2D eigenvalue weighted by Crippen LogP contribution is 2.33. The Labute approximate surface area is 120 Å². The van der Waals surface area contributed by atoms with Gasteiger partial charge in [0.25, 0.3) is 0 Å². The Hall–Kier alpha value is -1.54. The molecule has 1 aliphatic rings. The van der Waals surface area contributed by atoms with Gasteiger partial charge in [0.05, 0.1) is 13.2 Å². The molecule has 1 aliphatic carbocycles. The Morgan fingerprint density at radius 2 is 1.81 bits per heavy atom. The molecule has 0 N–H and O–H groups in total. The van der Waals surface area contributed by atoms with Crippen molar-refractivity contribution in [1.29, 1.82) is 0 Å². The molecule has 0 spiro atoms. The van der Waals surface area contributed by atoms with E-state index >= 15 is 0 Å². The first kappa shape index (κ1) is 15.8. The minimum Gasteiger partial charge on any atom is -0.381 e. The highest BCUT2D eigenvalue weighted by Gasteiger charge is 2.49. The third-order valence-electron chi connectivity index (χ3n) is 2.83. The molecule has 1 atom stereocenters. The molecule has 1 unspecified atom stereocenters. The van der Waals surface area contributed by atoms with Crippen LogP contribution in [0.5, 0.6) is 0 Å². The zero-order valence-electron chi connectivity index (χ0n) is 10.8. The molecule has 0 radical (unpaired) electrons. The largest absolute Gasteiger partial charge is 0.534 e. The summed E-state index contributed by atoms with van der Waals surface area (Å²) in [6, 6.07) is 9.40. The lowest BCUT2D eigenvalue weighted by atomic mass is 9.94. The van der Waals surface area contributed by atoms with Crippen molar-refractivity contribution in [3.05, 3.63) is 47.7 Å². The Bertz CT molecular complexity index is 608. The molecule has 1 aromatic rings. The Morgan fingerprint density at radius 3 is 2.38 bits per heavy atom. The van der Waals surface area contributed by atoms with Crippen molar-refractivity contribution >= 4 is 10.1 Å². The zero-order valence-corrected chi connectivity index (χ0v) is 11.7. The predicted molar refractivity (Wildman–Crippen MR) is 68.3 cm³/mol. The quantitative estimate of drug-likeness (QED) is 0.597. The van der Waals surface area contributed by atoms with Crippen molar-refractivity contribution in [2.24, 2.45) is 5.92 Å². The maximum absolute atomic E-state index is 12.1. The molecule has 0 bridgehead atoms. The highest BCUT2D eigenvalue weighted by molar-refractivity contribution is 7.87. The van der Waals surface area contributed by atoms with Crippen LogP contribution in [-0.2, 0) is 25.6 Å². The van der Waals surface area contributed by atoms with Gasteiger partial charge >= 0.3 is 15.6 Å². The van der Waals surface area contributed by atoms with Crippen LogP contribution in [0.4, 0.5) is 13.2 Å². The van der Waals surface area contributed by atoms with E-state index in [-0.39, 0.29) is 18.1 Å². The van der Waals surface area contributed by atoms with Crippen LogP contribution in [-0.4, -0.2) is 20.5 Å². The summed E-state index contributed by atoms with van der Waals surface area (Å²) in [4.78, 5) is 0. The predicted octanol–water partition coefficient (Wildman–Crippen LogP) is 2.97. The fourth-order valence-electron chi connectivity index (χ4n) is 1.75. The van der Waals surface area contributed by atoms with Crippen LogP contribution in [0.2, 0.25) is 0 Å². The fraction of sp³-hybridized carbons (Fsp3) is 0.385. The molecule has 1 aromatic carbocycles. The normalized spacial score (nSPS) is 18.8. The molecule has 0 saturated heterocycles. The summed E-state index contributed by atoms with van der Waals surface area (Å²) in [5.74, 6) is -0.326. The zero-order chi connectivity index (χ0) is 15.5. The molecule has 8 heteroatoms. The van der Waals surface area contributed by atoms with Gasteiger partial charge in [-0.25, -0.2) is 0 Å². The summed E-state index contributed by atoms with van der Waals surface area (Å²) in [7, 11) is -5.55. The standard InChI is InChI=1S/C13H13F3O4S/c14-13(15,16)21(17,18)20-12-6-11(7-12)9-19-8-10-4-2-1-3-5-10/h1-6,11H,7-9H2. The summed E-state index contributed by atoms with van der Waals surface area (Å²) in [6.45, 7) is 0.691. The minimum absolute atomic E-state index is 0.115. The number of ether oxygens (including phenoxy) is 1. The maximum Gasteiger partial charge on any atom is 0.534 e. The molecule has 2 rings (SSSR count). The second kappa shape index (κ2) is 6.07. The highest BCUT2D eigenvalue weighted by atomic mass is 32.2. The van der Waals surface area contributed by atoms with Crippen LogP contribution in [0.15, 0.2) is 42.2 Å². The van der Waals surface area contributed by atoms with E-state index < -0.39 is 15.6 Å². The van der Waals surface area contributed by atoms with Crippen molar-refractivity contribution in [2.75, 3.05) is 6.61 Å². The molecule has 0 aliphatic heterocycles. The molecule has 0 aromatic heterocycles. The number of alkyl halides is 3. The lowest BCUT2D eigenvalue weighted by molar-refractivity contribution is -0.0529. The van der Waals surface area contributed by atoms with Gasteiger partial charge in [-0.05, 0) is 11.6 Å². The van der Waals surface area contributed by atoms with E-state index in [2.05, 4.69) is 4.18 Å². The fourth-order valence-corrected chi connectivity index (χ4v) is 2.25. The van der Waals surface area contributed by atoms with Crippen LogP contribution in [0.1, 0.15) is 12.0 Å². The van der Waals surface area contributed by atoms with Gasteiger partial charge in [-0.3, -0.25) is 0 Å². The summed E-state index contributed by atoms with van der Waals surface area (Å²) in [5, 5.41) is 0. The van der Waals surface area contributed by atoms with Gasteiger partial charge in [0.2, 0.25) is 0 Å². The van der Waals surface area contributed by atoms with E-state index in [0.29, 0.717) is 13.2 Å². The third-order valence-corrected chi connectivity index (χ3v) is 3.83. The van der Waals surface area contributed by atoms with Gasteiger partial charge in [-0.2, -0.15) is 21.6 Å². The molecule has 0 fully saturated rings. The topological polar surface area (TPSA) is 52.6 Å². The van der Waals surface area contributed by atoms with E-state index in [1.54, 1.807) is 0 Å². The second-order valence-corrected chi connectivity index (χ2v) is 6.12. The average Bonchev–Trinajstić information content (AvgIpc) is 2.35. The van der Waals surface area contributed by atoms with Gasteiger partial charge < -0.3 is 8.92 Å². The van der Waals surface area contributed by atoms with E-state index in [1.165, 1.54) is 6.08 Å². The van der Waals surface area contributed by atoms with Crippen LogP contribution in [0, 0.1) is 5.92 Å². The first-order valence-corrected chi connectivity index (χ1v) is 7.52. The molecular weight excluding hydrogens is 309 g/mol. The SMILES string of the molecule is O=S(=O)(OC1=CC(COCc2ccccc2)C1)C(F)(F)F. The first-order chi connectivity index (χ1) is 9.78. The number of hydrogen-bond donors (Lipinski definition) is 0. The van der Waals surface area contributed by atoms with E-state index in [0.717, 1.165) is 5.56 Å². The molecule has 116 valence electrons. The van der Waals surface area contributed by atoms with Gasteiger partial charge in [0, 0.05) is 12.3 Å². The lowest BCUT2D eigenvalue weighted by Crippen LogP contribution is -2.28. The number of halogens is 3. The number of allylic oxidation sites excluding steroid dienone is 1. The monoisotopic (exact) mass is 322 g/mol. The van der Waals surface area contributed by atoms with Gasteiger partial charge in [0.1, 0.15) is 5.76 Å². The Morgan fingerprint density at radius 1 is 1.19 bits per heavy atom. The van der Waals surface area contributed by atoms with E-state index in [1.807, 2.05) is 30.3 Å². The summed E-state index contributed by atoms with van der Waals surface area (Å²) in [6.07, 6.45) is 1.44. The number of benzene rings is 1. The van der Waals surface area contributed by atoms with Crippen molar-refractivity contribution in [3.8, 4) is 0 Å². The van der Waals surface area contributed by atoms with Crippen molar-refractivity contribution in [1.82, 2.24) is 0 Å². The Balaban J connectivity index is 1.75. The third kappa shape index (κ3) is 4.21. The van der Waals surface area contributed by atoms with Crippen LogP contribution < -0.4 is 0 Å². The first-order valence-electron chi connectivity index (χ1n) is 6.11. The van der Waals surface area contributed by atoms with Crippen LogP contribution in [0.25, 0.3) is 0 Å². The summed E-state index contributed by atoms with van der Waals surface area (Å²) in [5.41, 5.74) is -4.42.